The Labute approximate surface area is 191 Å². The van der Waals surface area contributed by atoms with Crippen LogP contribution in [0.25, 0.3) is 11.3 Å². The summed E-state index contributed by atoms with van der Waals surface area (Å²) in [4.78, 5) is 14.5. The summed E-state index contributed by atoms with van der Waals surface area (Å²) in [6, 6.07) is 16.0. The molecule has 0 atom stereocenters. The van der Waals surface area contributed by atoms with Gasteiger partial charge in [0.05, 0.1) is 15.7 Å². The summed E-state index contributed by atoms with van der Waals surface area (Å²) >= 11 is 11.9. The topological polar surface area (TPSA) is 70.2 Å². The number of anilines is 3. The van der Waals surface area contributed by atoms with Crippen LogP contribution < -0.4 is 15.5 Å². The van der Waals surface area contributed by atoms with Crippen LogP contribution in [0.15, 0.2) is 54.6 Å². The van der Waals surface area contributed by atoms with E-state index < -0.39 is 0 Å². The summed E-state index contributed by atoms with van der Waals surface area (Å²) < 4.78 is 0. The first-order chi connectivity index (χ1) is 15.1. The molecule has 3 aromatic rings. The second-order valence-corrected chi connectivity index (χ2v) is 8.28. The Hall–Kier alpha value is -2.83. The van der Waals surface area contributed by atoms with Crippen LogP contribution in [-0.4, -0.2) is 29.3 Å². The highest BCUT2D eigenvalue weighted by Gasteiger charge is 2.12. The molecule has 0 spiro atoms. The minimum absolute atomic E-state index is 0.368. The summed E-state index contributed by atoms with van der Waals surface area (Å²) in [5.41, 5.74) is 2.95. The van der Waals surface area contributed by atoms with Gasteiger partial charge in [-0.1, -0.05) is 48.2 Å². The first kappa shape index (κ1) is 21.4. The average Bonchev–Trinajstić information content (AvgIpc) is 3.07. The van der Waals surface area contributed by atoms with Gasteiger partial charge in [-0.3, -0.25) is 0 Å². The van der Waals surface area contributed by atoms with Crippen LogP contribution in [0, 0.1) is 0 Å². The molecule has 2 N–H and O–H groups in total. The molecule has 1 saturated heterocycles. The van der Waals surface area contributed by atoms with E-state index >= 15 is 0 Å². The second kappa shape index (κ2) is 9.98. The minimum Gasteiger partial charge on any atom is -0.355 e. The number of benzene rings is 2. The zero-order valence-corrected chi connectivity index (χ0v) is 18.5. The van der Waals surface area contributed by atoms with Crippen molar-refractivity contribution in [3.8, 4) is 11.3 Å². The number of rotatable bonds is 4. The van der Waals surface area contributed by atoms with Crippen molar-refractivity contribution in [2.75, 3.05) is 28.6 Å². The van der Waals surface area contributed by atoms with E-state index in [1.54, 1.807) is 18.2 Å². The Balaban J connectivity index is 1.37. The molecule has 31 heavy (non-hydrogen) atoms. The van der Waals surface area contributed by atoms with Gasteiger partial charge in [0.2, 0.25) is 0 Å². The number of carbonyl (C=O) groups excluding carboxylic acids is 1. The van der Waals surface area contributed by atoms with Crippen molar-refractivity contribution in [2.45, 2.75) is 25.7 Å². The predicted octanol–water partition coefficient (Wildman–Crippen LogP) is 6.47. The molecule has 1 aliphatic heterocycles. The fourth-order valence-electron chi connectivity index (χ4n) is 3.54. The van der Waals surface area contributed by atoms with Gasteiger partial charge in [0.25, 0.3) is 0 Å². The number of hydrogen-bond acceptors (Lipinski definition) is 4. The van der Waals surface area contributed by atoms with Gasteiger partial charge in [-0.15, -0.1) is 10.2 Å². The van der Waals surface area contributed by atoms with Crippen molar-refractivity contribution in [2.24, 2.45) is 0 Å². The van der Waals surface area contributed by atoms with Crippen molar-refractivity contribution < 1.29 is 4.79 Å². The number of carbonyl (C=O) groups is 1. The van der Waals surface area contributed by atoms with Crippen LogP contribution in [0.4, 0.5) is 22.0 Å². The van der Waals surface area contributed by atoms with E-state index in [0.717, 1.165) is 30.2 Å². The molecule has 0 aliphatic carbocycles. The molecule has 0 bridgehead atoms. The third kappa shape index (κ3) is 5.66. The Morgan fingerprint density at radius 1 is 0.774 bits per heavy atom. The van der Waals surface area contributed by atoms with E-state index in [1.807, 2.05) is 36.4 Å². The number of urea groups is 1. The number of aromatic nitrogens is 2. The van der Waals surface area contributed by atoms with Crippen LogP contribution in [0.1, 0.15) is 25.7 Å². The Morgan fingerprint density at radius 3 is 2.10 bits per heavy atom. The largest absolute Gasteiger partial charge is 0.355 e. The van der Waals surface area contributed by atoms with Crippen molar-refractivity contribution in [1.82, 2.24) is 10.2 Å². The maximum atomic E-state index is 12.2. The molecule has 6 nitrogen and oxygen atoms in total. The maximum Gasteiger partial charge on any atom is 0.323 e. The van der Waals surface area contributed by atoms with E-state index in [-0.39, 0.29) is 6.03 Å². The molecule has 4 rings (SSSR count). The zero-order valence-electron chi connectivity index (χ0n) is 16.9. The summed E-state index contributed by atoms with van der Waals surface area (Å²) in [5, 5.41) is 15.2. The lowest BCUT2D eigenvalue weighted by Gasteiger charge is -2.20. The van der Waals surface area contributed by atoms with Gasteiger partial charge in [-0.25, -0.2) is 4.79 Å². The normalized spacial score (nSPS) is 14.1. The molecule has 160 valence electrons. The Kier molecular flexibility index (Phi) is 6.89. The monoisotopic (exact) mass is 455 g/mol. The molecule has 0 unspecified atom stereocenters. The predicted molar refractivity (Wildman–Crippen MR) is 127 cm³/mol. The van der Waals surface area contributed by atoms with Crippen molar-refractivity contribution >= 4 is 46.4 Å². The third-order valence-electron chi connectivity index (χ3n) is 5.20. The summed E-state index contributed by atoms with van der Waals surface area (Å²) in [6.45, 7) is 2.08. The summed E-state index contributed by atoms with van der Waals surface area (Å²) in [6.07, 6.45) is 4.98. The quantitative estimate of drug-likeness (QED) is 0.472. The second-order valence-electron chi connectivity index (χ2n) is 7.46. The Morgan fingerprint density at radius 2 is 1.45 bits per heavy atom. The average molecular weight is 456 g/mol. The van der Waals surface area contributed by atoms with Gasteiger partial charge in [-0.2, -0.15) is 0 Å². The van der Waals surface area contributed by atoms with Crippen LogP contribution in [0.2, 0.25) is 10.0 Å². The molecule has 8 heteroatoms. The number of nitrogens with one attached hydrogen (secondary N) is 2. The van der Waals surface area contributed by atoms with Gasteiger partial charge in [-0.05, 0) is 55.3 Å². The molecular formula is C23H23Cl2N5O. The molecule has 0 radical (unpaired) electrons. The number of nitrogens with zero attached hydrogens (tertiary/aromatic N) is 3. The highest BCUT2D eigenvalue weighted by molar-refractivity contribution is 6.42. The Bertz CT molecular complexity index is 1030. The van der Waals surface area contributed by atoms with Crippen molar-refractivity contribution in [3.05, 3.63) is 64.6 Å². The number of hydrogen-bond donors (Lipinski definition) is 2. The third-order valence-corrected chi connectivity index (χ3v) is 5.94. The van der Waals surface area contributed by atoms with Crippen LogP contribution in [-0.2, 0) is 0 Å². The van der Waals surface area contributed by atoms with Crippen molar-refractivity contribution in [3.63, 3.8) is 0 Å². The van der Waals surface area contributed by atoms with Gasteiger partial charge in [0.15, 0.2) is 5.82 Å². The van der Waals surface area contributed by atoms with E-state index in [0.29, 0.717) is 21.4 Å². The maximum absolute atomic E-state index is 12.2. The van der Waals surface area contributed by atoms with Crippen LogP contribution in [0.3, 0.4) is 0 Å². The van der Waals surface area contributed by atoms with Gasteiger partial charge < -0.3 is 15.5 Å². The fraction of sp³-hybridized carbons (Fsp3) is 0.261. The highest BCUT2D eigenvalue weighted by atomic mass is 35.5. The lowest BCUT2D eigenvalue weighted by molar-refractivity contribution is 0.262. The summed E-state index contributed by atoms with van der Waals surface area (Å²) in [5.74, 6) is 0.933. The number of amides is 2. The lowest BCUT2D eigenvalue weighted by atomic mass is 10.1. The highest BCUT2D eigenvalue weighted by Crippen LogP contribution is 2.25. The minimum atomic E-state index is -0.368. The standard InChI is InChI=1S/C23H23Cl2N5O/c24-19-10-9-18(15-20(19)25)27-23(31)26-17-7-5-16(6-8-17)21-11-12-22(29-28-21)30-13-3-1-2-4-14-30/h5-12,15H,1-4,13-14H2,(H2,26,27,31). The van der Waals surface area contributed by atoms with Crippen LogP contribution in [0.5, 0.6) is 0 Å². The molecule has 1 aliphatic rings. The molecule has 2 aromatic carbocycles. The van der Waals surface area contributed by atoms with Gasteiger partial charge in [0, 0.05) is 30.0 Å². The molecule has 2 amide bonds. The van der Waals surface area contributed by atoms with E-state index in [2.05, 4.69) is 25.7 Å². The first-order valence-electron chi connectivity index (χ1n) is 10.3. The van der Waals surface area contributed by atoms with Gasteiger partial charge in [0.1, 0.15) is 0 Å². The molecule has 2 heterocycles. The zero-order chi connectivity index (χ0) is 21.6. The smallest absolute Gasteiger partial charge is 0.323 e. The van der Waals surface area contributed by atoms with E-state index in [1.165, 1.54) is 25.7 Å². The SMILES string of the molecule is O=C(Nc1ccc(-c2ccc(N3CCCCCC3)nn2)cc1)Nc1ccc(Cl)c(Cl)c1. The fourth-order valence-corrected chi connectivity index (χ4v) is 3.84. The number of halogens is 2. The van der Waals surface area contributed by atoms with Gasteiger partial charge >= 0.3 is 6.03 Å². The molecule has 1 aromatic heterocycles. The van der Waals surface area contributed by atoms with Crippen LogP contribution >= 0.6 is 23.2 Å². The van der Waals surface area contributed by atoms with Crippen molar-refractivity contribution in [1.29, 1.82) is 0 Å². The molecule has 1 fully saturated rings. The first-order valence-corrected chi connectivity index (χ1v) is 11.1. The van der Waals surface area contributed by atoms with E-state index in [9.17, 15) is 4.79 Å². The molecular weight excluding hydrogens is 433 g/mol. The van der Waals surface area contributed by atoms with E-state index in [4.69, 9.17) is 23.2 Å². The summed E-state index contributed by atoms with van der Waals surface area (Å²) in [7, 11) is 0. The lowest BCUT2D eigenvalue weighted by Crippen LogP contribution is -2.25. The molecule has 0 saturated carbocycles.